The van der Waals surface area contributed by atoms with E-state index in [0.717, 1.165) is 25.7 Å². The van der Waals surface area contributed by atoms with Crippen LogP contribution in [0.3, 0.4) is 0 Å². The molecule has 0 saturated carbocycles. The van der Waals surface area contributed by atoms with Gasteiger partial charge in [-0.3, -0.25) is 0 Å². The van der Waals surface area contributed by atoms with Crippen molar-refractivity contribution in [1.29, 1.82) is 0 Å². The molecule has 0 aromatic rings. The van der Waals surface area contributed by atoms with Crippen LogP contribution in [0.25, 0.3) is 0 Å². The molecule has 0 aliphatic rings. The molecular weight excluding hydrogens is 272 g/mol. The van der Waals surface area contributed by atoms with Gasteiger partial charge in [0.25, 0.3) is 0 Å². The predicted octanol–water partition coefficient (Wildman–Crippen LogP) is 1.50. The van der Waals surface area contributed by atoms with Crippen molar-refractivity contribution in [3.05, 3.63) is 0 Å². The summed E-state index contributed by atoms with van der Waals surface area (Å²) in [5, 5.41) is 0. The molecule has 0 saturated heterocycles. The van der Waals surface area contributed by atoms with Gasteiger partial charge in [0.1, 0.15) is 0 Å². The van der Waals surface area contributed by atoms with Crippen LogP contribution in [0, 0.1) is 0 Å². The quantitative estimate of drug-likeness (QED) is 0.422. The van der Waals surface area contributed by atoms with Crippen molar-refractivity contribution < 1.29 is 35.4 Å². The Balaban J connectivity index is 0. The Morgan fingerprint density at radius 1 is 1.08 bits per heavy atom. The van der Waals surface area contributed by atoms with E-state index in [1.165, 1.54) is 0 Å². The maximum absolute atomic E-state index is 10.1. The minimum atomic E-state index is -3.96. The smallest absolute Gasteiger partial charge is 0.748 e. The number of hydrogen-bond acceptors (Lipinski definition) is 3. The van der Waals surface area contributed by atoms with E-state index in [4.69, 9.17) is 0 Å². The molecule has 0 aromatic heterocycles. The first-order valence-corrected chi connectivity index (χ1v) is 5.57. The predicted molar refractivity (Wildman–Crippen MR) is 43.3 cm³/mol. The van der Waals surface area contributed by atoms with E-state index >= 15 is 0 Å². The minimum absolute atomic E-state index is 0. The fourth-order valence-corrected chi connectivity index (χ4v) is 1.44. The summed E-state index contributed by atoms with van der Waals surface area (Å²) in [5.41, 5.74) is 0. The van der Waals surface area contributed by atoms with E-state index in [1.807, 2.05) is 0 Å². The Hall–Kier alpha value is 0.650. The Labute approximate surface area is 90.2 Å². The first kappa shape index (κ1) is 15.1. The van der Waals surface area contributed by atoms with E-state index in [9.17, 15) is 13.0 Å². The van der Waals surface area contributed by atoms with Crippen LogP contribution in [0.15, 0.2) is 0 Å². The number of hydrogen-bond donors (Lipinski definition) is 0. The molecule has 0 heterocycles. The summed E-state index contributed by atoms with van der Waals surface area (Å²) in [7, 11) is -3.96. The number of rotatable bonds is 6. The molecule has 0 bridgehead atoms. The van der Waals surface area contributed by atoms with Crippen molar-refractivity contribution in [2.45, 2.75) is 39.0 Å². The molecular formula is C7H15AgO3S. The Bertz CT molecular complexity index is 177. The largest absolute Gasteiger partial charge is 1.00 e. The van der Waals surface area contributed by atoms with Gasteiger partial charge in [-0.2, -0.15) is 0 Å². The molecule has 0 aliphatic carbocycles. The van der Waals surface area contributed by atoms with Crippen molar-refractivity contribution in [1.82, 2.24) is 0 Å². The SMILES string of the molecule is CCCCCCCS(=O)(=O)[O-].[Ag+]. The van der Waals surface area contributed by atoms with E-state index < -0.39 is 10.1 Å². The van der Waals surface area contributed by atoms with Crippen LogP contribution in [0.1, 0.15) is 39.0 Å². The van der Waals surface area contributed by atoms with Gasteiger partial charge in [-0.05, 0) is 6.42 Å². The van der Waals surface area contributed by atoms with Gasteiger partial charge in [-0.15, -0.1) is 0 Å². The Morgan fingerprint density at radius 3 is 2.00 bits per heavy atom. The minimum Gasteiger partial charge on any atom is -0.748 e. The monoisotopic (exact) mass is 286 g/mol. The maximum atomic E-state index is 10.1. The first-order valence-electron chi connectivity index (χ1n) is 4.00. The first-order chi connectivity index (χ1) is 5.06. The Morgan fingerprint density at radius 2 is 1.58 bits per heavy atom. The van der Waals surface area contributed by atoms with Crippen LogP contribution in [0.5, 0.6) is 0 Å². The van der Waals surface area contributed by atoms with Crippen molar-refractivity contribution in [2.24, 2.45) is 0 Å². The summed E-state index contributed by atoms with van der Waals surface area (Å²) in [4.78, 5) is 0. The molecule has 78 valence electrons. The van der Waals surface area contributed by atoms with Gasteiger partial charge in [0.15, 0.2) is 0 Å². The molecule has 0 radical (unpaired) electrons. The molecule has 0 fully saturated rings. The molecule has 0 amide bonds. The average Bonchev–Trinajstić information content (AvgIpc) is 1.85. The second-order valence-corrected chi connectivity index (χ2v) is 4.20. The van der Waals surface area contributed by atoms with Crippen LogP contribution < -0.4 is 0 Å². The van der Waals surface area contributed by atoms with E-state index in [2.05, 4.69) is 6.92 Å². The van der Waals surface area contributed by atoms with Gasteiger partial charge in [-0.25, -0.2) is 8.42 Å². The summed E-state index contributed by atoms with van der Waals surface area (Å²) >= 11 is 0. The second kappa shape index (κ2) is 8.26. The molecule has 0 aliphatic heterocycles. The molecule has 0 atom stereocenters. The fourth-order valence-electron chi connectivity index (χ4n) is 0.882. The molecule has 3 nitrogen and oxygen atoms in total. The van der Waals surface area contributed by atoms with E-state index in [1.54, 1.807) is 0 Å². The summed E-state index contributed by atoms with van der Waals surface area (Å²) in [6.07, 6.45) is 4.66. The van der Waals surface area contributed by atoms with Crippen LogP contribution >= 0.6 is 0 Å². The van der Waals surface area contributed by atoms with Crippen molar-refractivity contribution in [2.75, 3.05) is 5.75 Å². The topological polar surface area (TPSA) is 57.2 Å². The summed E-state index contributed by atoms with van der Waals surface area (Å²) < 4.78 is 30.3. The van der Waals surface area contributed by atoms with Crippen molar-refractivity contribution in [3.63, 3.8) is 0 Å². The maximum Gasteiger partial charge on any atom is 1.00 e. The molecule has 5 heteroatoms. The summed E-state index contributed by atoms with van der Waals surface area (Å²) in [6.45, 7) is 2.09. The normalized spacial score (nSPS) is 10.8. The van der Waals surface area contributed by atoms with Gasteiger partial charge in [0.05, 0.1) is 10.1 Å². The zero-order valence-corrected chi connectivity index (χ0v) is 9.48. The van der Waals surface area contributed by atoms with Gasteiger partial charge >= 0.3 is 22.4 Å². The van der Waals surface area contributed by atoms with Gasteiger partial charge in [0.2, 0.25) is 0 Å². The second-order valence-electron chi connectivity index (χ2n) is 2.68. The molecule has 0 unspecified atom stereocenters. The molecule has 0 aromatic carbocycles. The number of unbranched alkanes of at least 4 members (excludes halogenated alkanes) is 4. The zero-order valence-electron chi connectivity index (χ0n) is 7.18. The van der Waals surface area contributed by atoms with Crippen LogP contribution in [-0.2, 0) is 32.5 Å². The average molecular weight is 287 g/mol. The van der Waals surface area contributed by atoms with Gasteiger partial charge in [-0.1, -0.05) is 32.6 Å². The Kier molecular flexibility index (Phi) is 10.4. The third-order valence-corrected chi connectivity index (χ3v) is 2.29. The van der Waals surface area contributed by atoms with Gasteiger partial charge in [0, 0.05) is 5.75 Å². The van der Waals surface area contributed by atoms with Crippen LogP contribution in [0.2, 0.25) is 0 Å². The van der Waals surface area contributed by atoms with Crippen LogP contribution in [-0.4, -0.2) is 18.7 Å². The standard InChI is InChI=1S/C7H16O3S.Ag/c1-2-3-4-5-6-7-11(8,9)10;/h2-7H2,1H3,(H,8,9,10);/q;+1/p-1. The summed E-state index contributed by atoms with van der Waals surface area (Å²) in [5.74, 6) is -0.198. The molecule has 12 heavy (non-hydrogen) atoms. The van der Waals surface area contributed by atoms with Crippen molar-refractivity contribution in [3.8, 4) is 0 Å². The molecule has 0 spiro atoms. The third kappa shape index (κ3) is 13.3. The van der Waals surface area contributed by atoms with Crippen LogP contribution in [0.4, 0.5) is 0 Å². The van der Waals surface area contributed by atoms with E-state index in [-0.39, 0.29) is 28.1 Å². The fraction of sp³-hybridized carbons (Fsp3) is 1.00. The summed E-state index contributed by atoms with van der Waals surface area (Å²) in [6, 6.07) is 0. The van der Waals surface area contributed by atoms with E-state index in [0.29, 0.717) is 6.42 Å². The molecule has 0 rings (SSSR count). The molecule has 0 N–H and O–H groups in total. The van der Waals surface area contributed by atoms with Gasteiger partial charge < -0.3 is 4.55 Å². The third-order valence-electron chi connectivity index (χ3n) is 1.50. The van der Waals surface area contributed by atoms with Crippen molar-refractivity contribution >= 4 is 10.1 Å². The zero-order chi connectivity index (χ0) is 8.74.